The molecule has 2 heterocycles. The van der Waals surface area contributed by atoms with Gasteiger partial charge < -0.3 is 15.0 Å². The van der Waals surface area contributed by atoms with Gasteiger partial charge in [0.15, 0.2) is 0 Å². The number of carbonyl (C=O) groups excluding carboxylic acids is 2. The summed E-state index contributed by atoms with van der Waals surface area (Å²) in [4.78, 5) is 26.9. The van der Waals surface area contributed by atoms with Gasteiger partial charge in [0.1, 0.15) is 12.4 Å². The molecule has 1 aromatic carbocycles. The average Bonchev–Trinajstić information content (AvgIpc) is 3.48. The fourth-order valence-corrected chi connectivity index (χ4v) is 3.71. The van der Waals surface area contributed by atoms with Crippen molar-refractivity contribution in [2.75, 3.05) is 13.2 Å². The number of amides is 2. The van der Waals surface area contributed by atoms with Crippen molar-refractivity contribution in [1.82, 2.24) is 20.0 Å². The molecule has 1 aromatic heterocycles. The van der Waals surface area contributed by atoms with Crippen LogP contribution < -0.4 is 10.1 Å². The van der Waals surface area contributed by atoms with Gasteiger partial charge >= 0.3 is 0 Å². The van der Waals surface area contributed by atoms with Gasteiger partial charge in [0.25, 0.3) is 5.91 Å². The molecular formula is C22H28N4O3. The van der Waals surface area contributed by atoms with Gasteiger partial charge in [-0.3, -0.25) is 14.3 Å². The predicted octanol–water partition coefficient (Wildman–Crippen LogP) is 2.46. The fourth-order valence-electron chi connectivity index (χ4n) is 3.71. The Balaban J connectivity index is 1.46. The summed E-state index contributed by atoms with van der Waals surface area (Å²) in [5, 5.41) is 7.32. The van der Waals surface area contributed by atoms with Crippen LogP contribution in [0.15, 0.2) is 24.4 Å². The second-order valence-corrected chi connectivity index (χ2v) is 7.82. The second kappa shape index (κ2) is 8.27. The van der Waals surface area contributed by atoms with Crippen molar-refractivity contribution in [3.8, 4) is 5.75 Å². The van der Waals surface area contributed by atoms with Gasteiger partial charge in [-0.15, -0.1) is 0 Å². The summed E-state index contributed by atoms with van der Waals surface area (Å²) in [6, 6.07) is 6.42. The van der Waals surface area contributed by atoms with E-state index in [1.54, 1.807) is 6.20 Å². The molecule has 1 aliphatic carbocycles. The van der Waals surface area contributed by atoms with Gasteiger partial charge in [-0.2, -0.15) is 5.10 Å². The first-order chi connectivity index (χ1) is 14.0. The lowest BCUT2D eigenvalue weighted by Gasteiger charge is -2.20. The molecule has 0 radical (unpaired) electrons. The van der Waals surface area contributed by atoms with Crippen LogP contribution in [-0.4, -0.2) is 45.7 Å². The third kappa shape index (κ3) is 4.44. The van der Waals surface area contributed by atoms with Gasteiger partial charge in [0, 0.05) is 36.8 Å². The quantitative estimate of drug-likeness (QED) is 0.814. The van der Waals surface area contributed by atoms with Crippen LogP contribution in [0.3, 0.4) is 0 Å². The average molecular weight is 396 g/mol. The Morgan fingerprint density at radius 1 is 1.31 bits per heavy atom. The fraction of sp³-hybridized carbons (Fsp3) is 0.500. The van der Waals surface area contributed by atoms with Crippen LogP contribution in [0.25, 0.3) is 0 Å². The minimum atomic E-state index is -0.0205. The Bertz CT molecular complexity index is 917. The molecule has 4 rings (SSSR count). The summed E-state index contributed by atoms with van der Waals surface area (Å²) in [6.07, 6.45) is 5.02. The molecule has 1 saturated carbocycles. The zero-order chi connectivity index (χ0) is 20.4. The SMILES string of the molecule is CCn1ncc(C(=O)N2CCOc3ccc(CCC(=O)NC4CC4)cc3C2)c1C. The van der Waals surface area contributed by atoms with Gasteiger partial charge in [-0.1, -0.05) is 12.1 Å². The summed E-state index contributed by atoms with van der Waals surface area (Å²) >= 11 is 0. The molecule has 1 N–H and O–H groups in total. The molecule has 7 nitrogen and oxygen atoms in total. The topological polar surface area (TPSA) is 76.5 Å². The van der Waals surface area contributed by atoms with Crippen LogP contribution in [0.2, 0.25) is 0 Å². The highest BCUT2D eigenvalue weighted by molar-refractivity contribution is 5.95. The summed E-state index contributed by atoms with van der Waals surface area (Å²) in [6.45, 7) is 6.16. The molecule has 0 spiro atoms. The van der Waals surface area contributed by atoms with Crippen molar-refractivity contribution in [3.63, 3.8) is 0 Å². The number of ether oxygens (including phenoxy) is 1. The standard InChI is InChI=1S/C22H28N4O3/c1-3-26-15(2)19(13-23-26)22(28)25-10-11-29-20-8-4-16(12-17(20)14-25)5-9-21(27)24-18-6-7-18/h4,8,12-13,18H,3,5-7,9-11,14H2,1-2H3,(H,24,27). The number of hydrogen-bond acceptors (Lipinski definition) is 4. The van der Waals surface area contributed by atoms with E-state index in [4.69, 9.17) is 4.74 Å². The summed E-state index contributed by atoms with van der Waals surface area (Å²) in [7, 11) is 0. The number of aryl methyl sites for hydroxylation is 2. The number of nitrogens with one attached hydrogen (secondary N) is 1. The van der Waals surface area contributed by atoms with Gasteiger partial charge in [-0.05, 0) is 44.7 Å². The van der Waals surface area contributed by atoms with Crippen molar-refractivity contribution >= 4 is 11.8 Å². The van der Waals surface area contributed by atoms with Crippen molar-refractivity contribution in [2.24, 2.45) is 0 Å². The molecule has 0 atom stereocenters. The first-order valence-electron chi connectivity index (χ1n) is 10.4. The molecule has 0 saturated heterocycles. The molecule has 2 aromatic rings. The van der Waals surface area contributed by atoms with Crippen LogP contribution in [0.4, 0.5) is 0 Å². The lowest BCUT2D eigenvalue weighted by atomic mass is 10.0. The maximum atomic E-state index is 13.1. The van der Waals surface area contributed by atoms with E-state index in [1.165, 1.54) is 0 Å². The van der Waals surface area contributed by atoms with Gasteiger partial charge in [0.2, 0.25) is 5.91 Å². The highest BCUT2D eigenvalue weighted by Gasteiger charge is 2.25. The molecule has 2 aliphatic rings. The van der Waals surface area contributed by atoms with Crippen LogP contribution in [0.5, 0.6) is 5.75 Å². The summed E-state index contributed by atoms with van der Waals surface area (Å²) in [5.41, 5.74) is 3.60. The molecule has 29 heavy (non-hydrogen) atoms. The van der Waals surface area contributed by atoms with Crippen LogP contribution in [0.1, 0.15) is 53.4 Å². The Morgan fingerprint density at radius 3 is 2.86 bits per heavy atom. The molecule has 0 bridgehead atoms. The molecule has 2 amide bonds. The zero-order valence-corrected chi connectivity index (χ0v) is 17.1. The Kier molecular flexibility index (Phi) is 5.56. The third-order valence-electron chi connectivity index (χ3n) is 5.61. The lowest BCUT2D eigenvalue weighted by Crippen LogP contribution is -2.32. The number of hydrogen-bond donors (Lipinski definition) is 1. The van der Waals surface area contributed by atoms with E-state index in [2.05, 4.69) is 16.5 Å². The first-order valence-corrected chi connectivity index (χ1v) is 10.4. The Morgan fingerprint density at radius 2 is 2.14 bits per heavy atom. The van der Waals surface area contributed by atoms with Gasteiger partial charge in [0.05, 0.1) is 18.3 Å². The smallest absolute Gasteiger partial charge is 0.257 e. The van der Waals surface area contributed by atoms with Crippen molar-refractivity contribution in [1.29, 1.82) is 0 Å². The molecule has 1 aliphatic heterocycles. The van der Waals surface area contributed by atoms with E-state index in [0.717, 1.165) is 42.0 Å². The Labute approximate surface area is 171 Å². The predicted molar refractivity (Wildman–Crippen MR) is 109 cm³/mol. The number of aromatic nitrogens is 2. The number of carbonyl (C=O) groups is 2. The number of fused-ring (bicyclic) bond motifs is 1. The van der Waals surface area contributed by atoms with Crippen molar-refractivity contribution in [3.05, 3.63) is 46.8 Å². The minimum absolute atomic E-state index is 0.0205. The maximum absolute atomic E-state index is 13.1. The Hall–Kier alpha value is -2.83. The largest absolute Gasteiger partial charge is 0.491 e. The molecule has 7 heteroatoms. The van der Waals surface area contributed by atoms with Crippen LogP contribution in [-0.2, 0) is 24.3 Å². The summed E-state index contributed by atoms with van der Waals surface area (Å²) < 4.78 is 7.70. The molecule has 0 unspecified atom stereocenters. The van der Waals surface area contributed by atoms with Crippen molar-refractivity contribution < 1.29 is 14.3 Å². The highest BCUT2D eigenvalue weighted by atomic mass is 16.5. The lowest BCUT2D eigenvalue weighted by molar-refractivity contribution is -0.121. The van der Waals surface area contributed by atoms with E-state index >= 15 is 0 Å². The van der Waals surface area contributed by atoms with Crippen LogP contribution in [0, 0.1) is 6.92 Å². The molecule has 1 fully saturated rings. The first kappa shape index (κ1) is 19.5. The normalized spacial score (nSPS) is 16.0. The molecule has 154 valence electrons. The number of rotatable bonds is 6. The summed E-state index contributed by atoms with van der Waals surface area (Å²) in [5.74, 6) is 0.902. The van der Waals surface area contributed by atoms with Crippen LogP contribution >= 0.6 is 0 Å². The number of benzene rings is 1. The molecular weight excluding hydrogens is 368 g/mol. The van der Waals surface area contributed by atoms with Gasteiger partial charge in [-0.25, -0.2) is 0 Å². The highest BCUT2D eigenvalue weighted by Crippen LogP contribution is 2.26. The monoisotopic (exact) mass is 396 g/mol. The van der Waals surface area contributed by atoms with E-state index in [0.29, 0.717) is 44.1 Å². The second-order valence-electron chi connectivity index (χ2n) is 7.82. The third-order valence-corrected chi connectivity index (χ3v) is 5.61. The maximum Gasteiger partial charge on any atom is 0.257 e. The van der Waals surface area contributed by atoms with Crippen molar-refractivity contribution in [2.45, 2.75) is 58.7 Å². The van der Waals surface area contributed by atoms with E-state index in [9.17, 15) is 9.59 Å². The van der Waals surface area contributed by atoms with E-state index < -0.39 is 0 Å². The van der Waals surface area contributed by atoms with E-state index in [1.807, 2.05) is 35.6 Å². The minimum Gasteiger partial charge on any atom is -0.491 e. The van der Waals surface area contributed by atoms with E-state index in [-0.39, 0.29) is 11.8 Å². The zero-order valence-electron chi connectivity index (χ0n) is 17.1. The number of nitrogens with zero attached hydrogens (tertiary/aromatic N) is 3.